The molecule has 2 aliphatic rings. The lowest BCUT2D eigenvalue weighted by molar-refractivity contribution is -0.556. The number of ketones is 1. The highest BCUT2D eigenvalue weighted by Crippen LogP contribution is 2.60. The van der Waals surface area contributed by atoms with Gasteiger partial charge < -0.3 is 0 Å². The molecule has 0 unspecified atom stereocenters. The molecule has 2 fully saturated rings. The van der Waals surface area contributed by atoms with Crippen LogP contribution >= 0.6 is 0 Å². The number of rotatable bonds is 3. The van der Waals surface area contributed by atoms with Crippen LogP contribution in [0.1, 0.15) is 39.5 Å². The van der Waals surface area contributed by atoms with Crippen molar-refractivity contribution in [3.8, 4) is 0 Å². The Morgan fingerprint density at radius 3 is 2.80 bits per heavy atom. The number of carbonyl (C=O) groups excluding carboxylic acids is 1. The lowest BCUT2D eigenvalue weighted by Gasteiger charge is -2.30. The summed E-state index contributed by atoms with van der Waals surface area (Å²) in [5.41, 5.74) is -0.733. The molecule has 84 valence electrons. The van der Waals surface area contributed by atoms with Gasteiger partial charge in [0.25, 0.3) is 0 Å². The third-order valence-corrected chi connectivity index (χ3v) is 4.26. The van der Waals surface area contributed by atoms with Crippen molar-refractivity contribution in [3.05, 3.63) is 10.1 Å². The van der Waals surface area contributed by atoms with Crippen molar-refractivity contribution in [3.63, 3.8) is 0 Å². The molecule has 0 heterocycles. The molecule has 2 rings (SSSR count). The Morgan fingerprint density at radius 2 is 2.27 bits per heavy atom. The number of Topliss-reactive ketones (excluding diaryl/α,β-unsaturated/α-hetero) is 1. The van der Waals surface area contributed by atoms with Gasteiger partial charge in [-0.2, -0.15) is 0 Å². The second-order valence-corrected chi connectivity index (χ2v) is 5.00. The van der Waals surface area contributed by atoms with Gasteiger partial charge in [0.15, 0.2) is 0 Å². The molecule has 0 N–H and O–H groups in total. The molecule has 15 heavy (non-hydrogen) atoms. The standard InChI is InChI=1S/C11H17NO3/c1-3-4-9-7(2)10(13)5-8-6-11(8,9)12(14)15/h7-9H,3-6H2,1-2H3/t7-,8-,9-,11-/m1/s1. The maximum absolute atomic E-state index is 11.7. The summed E-state index contributed by atoms with van der Waals surface area (Å²) in [6, 6.07) is 0. The largest absolute Gasteiger partial charge is 0.299 e. The van der Waals surface area contributed by atoms with E-state index in [0.29, 0.717) is 12.8 Å². The zero-order valence-electron chi connectivity index (χ0n) is 9.23. The van der Waals surface area contributed by atoms with Crippen molar-refractivity contribution in [2.45, 2.75) is 45.1 Å². The predicted molar refractivity (Wildman–Crippen MR) is 55.0 cm³/mol. The number of carbonyl (C=O) groups is 1. The highest BCUT2D eigenvalue weighted by atomic mass is 16.6. The number of nitro groups is 1. The Labute approximate surface area is 89.2 Å². The molecule has 0 aromatic heterocycles. The summed E-state index contributed by atoms with van der Waals surface area (Å²) in [7, 11) is 0. The SMILES string of the molecule is CCC[C@@H]1[C@@H](C)C(=O)C[C@@H]2C[C@@]21[N+](=O)[O-]. The summed E-state index contributed by atoms with van der Waals surface area (Å²) in [4.78, 5) is 22.7. The van der Waals surface area contributed by atoms with Crippen LogP contribution in [0.3, 0.4) is 0 Å². The fourth-order valence-corrected chi connectivity index (χ4v) is 3.29. The van der Waals surface area contributed by atoms with Crippen molar-refractivity contribution in [2.24, 2.45) is 17.8 Å². The summed E-state index contributed by atoms with van der Waals surface area (Å²) in [5.74, 6) is 0.124. The molecule has 4 nitrogen and oxygen atoms in total. The van der Waals surface area contributed by atoms with E-state index >= 15 is 0 Å². The highest BCUT2D eigenvalue weighted by molar-refractivity contribution is 5.83. The molecule has 0 spiro atoms. The molecular weight excluding hydrogens is 194 g/mol. The van der Waals surface area contributed by atoms with E-state index in [4.69, 9.17) is 0 Å². The number of hydrogen-bond donors (Lipinski definition) is 0. The number of nitrogens with zero attached hydrogens (tertiary/aromatic N) is 1. The van der Waals surface area contributed by atoms with Gasteiger partial charge in [0.1, 0.15) is 5.78 Å². The molecular formula is C11H17NO3. The van der Waals surface area contributed by atoms with Crippen LogP contribution in [-0.4, -0.2) is 16.2 Å². The summed E-state index contributed by atoms with van der Waals surface area (Å²) < 4.78 is 0. The molecule has 0 aliphatic heterocycles. The van der Waals surface area contributed by atoms with Crippen LogP contribution in [0.25, 0.3) is 0 Å². The Kier molecular flexibility index (Phi) is 2.32. The van der Waals surface area contributed by atoms with Gasteiger partial charge in [0.2, 0.25) is 5.54 Å². The molecule has 4 heteroatoms. The Balaban J connectivity index is 2.27. The van der Waals surface area contributed by atoms with E-state index in [0.717, 1.165) is 12.8 Å². The van der Waals surface area contributed by atoms with Gasteiger partial charge in [-0.15, -0.1) is 0 Å². The number of fused-ring (bicyclic) bond motifs is 1. The van der Waals surface area contributed by atoms with Crippen LogP contribution in [0.15, 0.2) is 0 Å². The summed E-state index contributed by atoms with van der Waals surface area (Å²) in [5, 5.41) is 11.1. The third-order valence-electron chi connectivity index (χ3n) is 4.26. The third kappa shape index (κ3) is 1.30. The first-order valence-electron chi connectivity index (χ1n) is 5.71. The van der Waals surface area contributed by atoms with Crippen molar-refractivity contribution < 1.29 is 9.72 Å². The summed E-state index contributed by atoms with van der Waals surface area (Å²) in [6.07, 6.45) is 2.79. The van der Waals surface area contributed by atoms with Gasteiger partial charge in [-0.3, -0.25) is 14.9 Å². The minimum absolute atomic E-state index is 0.0243. The molecule has 2 saturated carbocycles. The van der Waals surface area contributed by atoms with Gasteiger partial charge in [-0.25, -0.2) is 0 Å². The van der Waals surface area contributed by atoms with Crippen LogP contribution < -0.4 is 0 Å². The topological polar surface area (TPSA) is 60.2 Å². The van der Waals surface area contributed by atoms with Crippen molar-refractivity contribution in [2.75, 3.05) is 0 Å². The van der Waals surface area contributed by atoms with Crippen LogP contribution in [0.5, 0.6) is 0 Å². The first-order chi connectivity index (χ1) is 7.04. The quantitative estimate of drug-likeness (QED) is 0.530. The minimum Gasteiger partial charge on any atom is -0.299 e. The van der Waals surface area contributed by atoms with E-state index in [1.54, 1.807) is 0 Å². The van der Waals surface area contributed by atoms with Gasteiger partial charge in [0, 0.05) is 35.5 Å². The first-order valence-corrected chi connectivity index (χ1v) is 5.71. The fraction of sp³-hybridized carbons (Fsp3) is 0.909. The molecule has 0 radical (unpaired) electrons. The molecule has 0 saturated heterocycles. The van der Waals surface area contributed by atoms with Crippen molar-refractivity contribution in [1.29, 1.82) is 0 Å². The highest BCUT2D eigenvalue weighted by Gasteiger charge is 2.73. The predicted octanol–water partition coefficient (Wildman–Crippen LogP) is 2.05. The smallest absolute Gasteiger partial charge is 0.229 e. The second kappa shape index (κ2) is 3.29. The van der Waals surface area contributed by atoms with Crippen LogP contribution in [0.2, 0.25) is 0 Å². The fourth-order valence-electron chi connectivity index (χ4n) is 3.29. The van der Waals surface area contributed by atoms with Gasteiger partial charge in [-0.1, -0.05) is 20.3 Å². The van der Waals surface area contributed by atoms with E-state index in [1.807, 2.05) is 13.8 Å². The molecule has 0 bridgehead atoms. The number of hydrogen-bond acceptors (Lipinski definition) is 3. The monoisotopic (exact) mass is 211 g/mol. The van der Waals surface area contributed by atoms with E-state index in [9.17, 15) is 14.9 Å². The van der Waals surface area contributed by atoms with Crippen molar-refractivity contribution in [1.82, 2.24) is 0 Å². The van der Waals surface area contributed by atoms with E-state index in [-0.39, 0.29) is 28.5 Å². The average Bonchev–Trinajstić information content (AvgIpc) is 2.88. The van der Waals surface area contributed by atoms with Crippen LogP contribution in [0, 0.1) is 27.9 Å². The Morgan fingerprint density at radius 1 is 1.60 bits per heavy atom. The van der Waals surface area contributed by atoms with Crippen LogP contribution in [0.4, 0.5) is 0 Å². The maximum atomic E-state index is 11.7. The zero-order chi connectivity index (χ0) is 11.2. The lowest BCUT2D eigenvalue weighted by Crippen LogP contribution is -2.44. The lowest BCUT2D eigenvalue weighted by atomic mass is 9.73. The Bertz CT molecular complexity index is 315. The van der Waals surface area contributed by atoms with E-state index in [2.05, 4.69) is 0 Å². The normalized spacial score (nSPS) is 43.6. The maximum Gasteiger partial charge on any atom is 0.229 e. The van der Waals surface area contributed by atoms with Crippen molar-refractivity contribution >= 4 is 5.78 Å². The Hall–Kier alpha value is -0.930. The molecule has 4 atom stereocenters. The first kappa shape index (κ1) is 10.6. The van der Waals surface area contributed by atoms with E-state index in [1.165, 1.54) is 0 Å². The average molecular weight is 211 g/mol. The zero-order valence-corrected chi connectivity index (χ0v) is 9.23. The molecule has 0 aromatic rings. The molecule has 0 amide bonds. The summed E-state index contributed by atoms with van der Waals surface area (Å²) >= 11 is 0. The van der Waals surface area contributed by atoms with E-state index < -0.39 is 5.54 Å². The molecule has 0 aromatic carbocycles. The van der Waals surface area contributed by atoms with Gasteiger partial charge in [0.05, 0.1) is 0 Å². The van der Waals surface area contributed by atoms with Gasteiger partial charge >= 0.3 is 0 Å². The second-order valence-electron chi connectivity index (χ2n) is 5.00. The molecule has 2 aliphatic carbocycles. The van der Waals surface area contributed by atoms with Crippen LogP contribution in [-0.2, 0) is 4.79 Å². The summed E-state index contributed by atoms with van der Waals surface area (Å²) in [6.45, 7) is 3.89. The minimum atomic E-state index is -0.733. The van der Waals surface area contributed by atoms with Gasteiger partial charge in [-0.05, 0) is 6.42 Å².